The molecule has 0 spiro atoms. The van der Waals surface area contributed by atoms with Gasteiger partial charge in [-0.25, -0.2) is 4.79 Å². The van der Waals surface area contributed by atoms with Crippen molar-refractivity contribution in [2.24, 2.45) is 0 Å². The fourth-order valence-corrected chi connectivity index (χ4v) is 3.99. The van der Waals surface area contributed by atoms with Gasteiger partial charge in [0.15, 0.2) is 6.61 Å². The number of carboxylic acid groups (broad SMARTS) is 1. The van der Waals surface area contributed by atoms with Crippen molar-refractivity contribution in [2.75, 3.05) is 13.2 Å². The van der Waals surface area contributed by atoms with Gasteiger partial charge in [0.1, 0.15) is 5.75 Å². The first-order chi connectivity index (χ1) is 13.5. The highest BCUT2D eigenvalue weighted by Crippen LogP contribution is 2.34. The monoisotopic (exact) mass is 403 g/mol. The summed E-state index contributed by atoms with van der Waals surface area (Å²) in [6.07, 6.45) is 3.66. The fraction of sp³-hybridized carbons (Fsp3) is 0.409. The smallest absolute Gasteiger partial charge is 0.341 e. The van der Waals surface area contributed by atoms with E-state index in [4.69, 9.17) is 21.4 Å². The Bertz CT molecular complexity index is 798. The third-order valence-corrected chi connectivity index (χ3v) is 5.43. The summed E-state index contributed by atoms with van der Waals surface area (Å²) in [5.41, 5.74) is 1.99. The van der Waals surface area contributed by atoms with Crippen LogP contribution >= 0.6 is 11.6 Å². The Morgan fingerprint density at radius 2 is 2.04 bits per heavy atom. The summed E-state index contributed by atoms with van der Waals surface area (Å²) in [6, 6.07) is 15.3. The molecule has 3 rings (SSSR count). The highest BCUT2D eigenvalue weighted by molar-refractivity contribution is 6.30. The zero-order valence-electron chi connectivity index (χ0n) is 15.7. The fourth-order valence-electron chi connectivity index (χ4n) is 3.79. The number of carboxylic acids is 1. The second kappa shape index (κ2) is 9.92. The Kier molecular flexibility index (Phi) is 7.31. The molecule has 0 aliphatic heterocycles. The second-order valence-electron chi connectivity index (χ2n) is 7.29. The van der Waals surface area contributed by atoms with Gasteiger partial charge < -0.3 is 20.3 Å². The molecule has 2 aromatic carbocycles. The van der Waals surface area contributed by atoms with Crippen LogP contribution in [0.25, 0.3) is 0 Å². The van der Waals surface area contributed by atoms with E-state index in [1.807, 2.05) is 24.3 Å². The number of hydrogen-bond donors (Lipinski definition) is 3. The summed E-state index contributed by atoms with van der Waals surface area (Å²) in [5, 5.41) is 23.3. The molecule has 3 N–H and O–H groups in total. The number of hydrogen-bond acceptors (Lipinski definition) is 4. The van der Waals surface area contributed by atoms with Gasteiger partial charge in [0, 0.05) is 17.6 Å². The maximum absolute atomic E-state index is 10.7. The number of aliphatic hydroxyl groups is 1. The SMILES string of the molecule is O=C(O)COc1cccc([C@@H]2CCC[C@@H](NC[C@@H](O)c3cccc(Cl)c3)C2)c1. The molecule has 150 valence electrons. The van der Waals surface area contributed by atoms with E-state index in [1.165, 1.54) is 5.56 Å². The summed E-state index contributed by atoms with van der Waals surface area (Å²) in [6.45, 7) is 0.152. The normalized spacial score (nSPS) is 20.5. The molecule has 0 bridgehead atoms. The zero-order chi connectivity index (χ0) is 19.9. The number of ether oxygens (including phenoxy) is 1. The Morgan fingerprint density at radius 1 is 1.21 bits per heavy atom. The molecule has 0 radical (unpaired) electrons. The molecule has 1 aliphatic rings. The number of aliphatic carboxylic acids is 1. The molecule has 1 saturated carbocycles. The molecule has 5 nitrogen and oxygen atoms in total. The lowest BCUT2D eigenvalue weighted by Crippen LogP contribution is -2.36. The van der Waals surface area contributed by atoms with Crippen LogP contribution in [0.4, 0.5) is 0 Å². The largest absolute Gasteiger partial charge is 0.482 e. The van der Waals surface area contributed by atoms with Gasteiger partial charge in [-0.15, -0.1) is 0 Å². The maximum Gasteiger partial charge on any atom is 0.341 e. The average molecular weight is 404 g/mol. The minimum absolute atomic E-state index is 0.330. The van der Waals surface area contributed by atoms with Gasteiger partial charge in [-0.05, 0) is 60.6 Å². The summed E-state index contributed by atoms with van der Waals surface area (Å²) in [7, 11) is 0. The van der Waals surface area contributed by atoms with Crippen LogP contribution in [0.5, 0.6) is 5.75 Å². The van der Waals surface area contributed by atoms with Crippen LogP contribution in [0.1, 0.15) is 48.8 Å². The van der Waals surface area contributed by atoms with Crippen LogP contribution in [0, 0.1) is 0 Å². The summed E-state index contributed by atoms with van der Waals surface area (Å²) in [5.74, 6) is -0.0000958. The van der Waals surface area contributed by atoms with Crippen molar-refractivity contribution in [1.29, 1.82) is 0 Å². The second-order valence-corrected chi connectivity index (χ2v) is 7.73. The first-order valence-electron chi connectivity index (χ1n) is 9.62. The average Bonchev–Trinajstić information content (AvgIpc) is 2.71. The maximum atomic E-state index is 10.7. The van der Waals surface area contributed by atoms with Gasteiger partial charge in [0.25, 0.3) is 0 Å². The Morgan fingerprint density at radius 3 is 2.82 bits per heavy atom. The number of rotatable bonds is 8. The lowest BCUT2D eigenvalue weighted by molar-refractivity contribution is -0.139. The number of aliphatic hydroxyl groups excluding tert-OH is 1. The van der Waals surface area contributed by atoms with E-state index >= 15 is 0 Å². The molecule has 28 heavy (non-hydrogen) atoms. The van der Waals surface area contributed by atoms with Crippen LogP contribution in [-0.2, 0) is 4.79 Å². The summed E-state index contributed by atoms with van der Waals surface area (Å²) in [4.78, 5) is 10.7. The highest BCUT2D eigenvalue weighted by atomic mass is 35.5. The van der Waals surface area contributed by atoms with E-state index in [0.29, 0.717) is 29.3 Å². The van der Waals surface area contributed by atoms with E-state index in [-0.39, 0.29) is 6.61 Å². The van der Waals surface area contributed by atoms with Crippen molar-refractivity contribution in [3.8, 4) is 5.75 Å². The van der Waals surface area contributed by atoms with Crippen molar-refractivity contribution >= 4 is 17.6 Å². The molecule has 6 heteroatoms. The quantitative estimate of drug-likeness (QED) is 0.617. The van der Waals surface area contributed by atoms with Gasteiger partial charge in [-0.3, -0.25) is 0 Å². The molecule has 1 fully saturated rings. The number of halogens is 1. The molecular formula is C22H26ClNO4. The van der Waals surface area contributed by atoms with E-state index in [2.05, 4.69) is 11.4 Å². The predicted octanol–water partition coefficient (Wildman–Crippen LogP) is 4.15. The third kappa shape index (κ3) is 5.96. The van der Waals surface area contributed by atoms with Gasteiger partial charge in [-0.2, -0.15) is 0 Å². The molecule has 0 saturated heterocycles. The lowest BCUT2D eigenvalue weighted by Gasteiger charge is -2.31. The first kappa shape index (κ1) is 20.6. The lowest BCUT2D eigenvalue weighted by atomic mass is 9.81. The molecule has 0 amide bonds. The molecule has 2 aromatic rings. The number of nitrogens with one attached hydrogen (secondary N) is 1. The molecular weight excluding hydrogens is 378 g/mol. The minimum atomic E-state index is -0.981. The molecule has 3 atom stereocenters. The van der Waals surface area contributed by atoms with E-state index in [0.717, 1.165) is 31.2 Å². The van der Waals surface area contributed by atoms with Gasteiger partial charge in [0.05, 0.1) is 6.10 Å². The van der Waals surface area contributed by atoms with Gasteiger partial charge in [0.2, 0.25) is 0 Å². The van der Waals surface area contributed by atoms with Crippen LogP contribution in [-0.4, -0.2) is 35.4 Å². The zero-order valence-corrected chi connectivity index (χ0v) is 16.4. The molecule has 0 heterocycles. The summed E-state index contributed by atoms with van der Waals surface area (Å²) >= 11 is 6.00. The van der Waals surface area contributed by atoms with Crippen molar-refractivity contribution < 1.29 is 19.7 Å². The van der Waals surface area contributed by atoms with Crippen LogP contribution < -0.4 is 10.1 Å². The predicted molar refractivity (Wildman–Crippen MR) is 109 cm³/mol. The summed E-state index contributed by atoms with van der Waals surface area (Å²) < 4.78 is 5.30. The van der Waals surface area contributed by atoms with Gasteiger partial charge >= 0.3 is 5.97 Å². The number of benzene rings is 2. The van der Waals surface area contributed by atoms with Crippen molar-refractivity contribution in [2.45, 2.75) is 43.7 Å². The highest BCUT2D eigenvalue weighted by Gasteiger charge is 2.24. The van der Waals surface area contributed by atoms with Crippen LogP contribution in [0.15, 0.2) is 48.5 Å². The van der Waals surface area contributed by atoms with Crippen LogP contribution in [0.3, 0.4) is 0 Å². The topological polar surface area (TPSA) is 78.8 Å². The van der Waals surface area contributed by atoms with E-state index in [9.17, 15) is 9.90 Å². The van der Waals surface area contributed by atoms with Crippen molar-refractivity contribution in [3.63, 3.8) is 0 Å². The molecule has 0 unspecified atom stereocenters. The van der Waals surface area contributed by atoms with E-state index < -0.39 is 12.1 Å². The Labute approximate surface area is 170 Å². The Balaban J connectivity index is 1.55. The minimum Gasteiger partial charge on any atom is -0.482 e. The van der Waals surface area contributed by atoms with E-state index in [1.54, 1.807) is 18.2 Å². The molecule has 0 aromatic heterocycles. The first-order valence-corrected chi connectivity index (χ1v) is 10.0. The van der Waals surface area contributed by atoms with Crippen LogP contribution in [0.2, 0.25) is 5.02 Å². The molecule has 1 aliphatic carbocycles. The standard InChI is InChI=1S/C22H26ClNO4/c23-18-7-1-6-17(10-18)21(25)13-24-19-8-2-4-15(11-19)16-5-3-9-20(12-16)28-14-22(26)27/h1,3,5-7,9-10,12,15,19,21,24-25H,2,4,8,11,13-14H2,(H,26,27)/t15-,19-,21-/m1/s1. The van der Waals surface area contributed by atoms with Gasteiger partial charge in [-0.1, -0.05) is 42.3 Å². The van der Waals surface area contributed by atoms with Crippen molar-refractivity contribution in [1.82, 2.24) is 5.32 Å². The third-order valence-electron chi connectivity index (χ3n) is 5.20. The van der Waals surface area contributed by atoms with Crippen molar-refractivity contribution in [3.05, 3.63) is 64.7 Å². The number of carbonyl (C=O) groups is 1. The Hall–Kier alpha value is -2.08.